The van der Waals surface area contributed by atoms with E-state index < -0.39 is 0 Å². The van der Waals surface area contributed by atoms with Gasteiger partial charge in [0.25, 0.3) is 0 Å². The van der Waals surface area contributed by atoms with E-state index in [0.717, 1.165) is 19.4 Å². The van der Waals surface area contributed by atoms with Crippen molar-refractivity contribution in [3.8, 4) is 0 Å². The molecule has 102 valence electrons. The Hall–Kier alpha value is -0.280. The van der Waals surface area contributed by atoms with E-state index in [4.69, 9.17) is 5.73 Å². The van der Waals surface area contributed by atoms with E-state index in [-0.39, 0.29) is 24.2 Å². The molecule has 0 bridgehead atoms. The summed E-state index contributed by atoms with van der Waals surface area (Å²) in [5, 5.41) is 3.06. The highest BCUT2D eigenvalue weighted by molar-refractivity contribution is 5.85. The molecule has 3 unspecified atom stereocenters. The Bertz CT molecular complexity index is 233. The van der Waals surface area contributed by atoms with Gasteiger partial charge in [-0.2, -0.15) is 0 Å². The molecule has 3 atom stereocenters. The number of nitrogens with two attached hydrogens (primary N) is 1. The number of carbonyl (C=O) groups is 1. The Morgan fingerprint density at radius 3 is 2.53 bits per heavy atom. The van der Waals surface area contributed by atoms with Gasteiger partial charge in [-0.15, -0.1) is 12.4 Å². The molecular weight excluding hydrogens is 236 g/mol. The van der Waals surface area contributed by atoms with E-state index in [1.54, 1.807) is 0 Å². The van der Waals surface area contributed by atoms with Crippen molar-refractivity contribution in [3.63, 3.8) is 0 Å². The number of carbonyl (C=O) groups excluding carboxylic acids is 1. The zero-order valence-corrected chi connectivity index (χ0v) is 12.1. The third-order valence-electron chi connectivity index (χ3n) is 3.80. The zero-order chi connectivity index (χ0) is 12.1. The van der Waals surface area contributed by atoms with Crippen LogP contribution < -0.4 is 11.1 Å². The molecule has 1 amide bonds. The second kappa shape index (κ2) is 7.93. The Labute approximate surface area is 111 Å². The monoisotopic (exact) mass is 262 g/mol. The quantitative estimate of drug-likeness (QED) is 0.817. The van der Waals surface area contributed by atoms with Crippen LogP contribution >= 0.6 is 12.4 Å². The molecule has 3 nitrogen and oxygen atoms in total. The van der Waals surface area contributed by atoms with Crippen molar-refractivity contribution in [2.75, 3.05) is 6.54 Å². The standard InChI is InChI=1S/C13H26N2O.ClH/c1-9(2)10(3)13(16)15-8-11-5-4-6-12(14)7-11;/h9-12H,4-8,14H2,1-3H3,(H,15,16);1H. The maximum absolute atomic E-state index is 11.8. The van der Waals surface area contributed by atoms with Gasteiger partial charge in [0.2, 0.25) is 5.91 Å². The van der Waals surface area contributed by atoms with Gasteiger partial charge in [-0.25, -0.2) is 0 Å². The average molecular weight is 263 g/mol. The van der Waals surface area contributed by atoms with Crippen molar-refractivity contribution in [2.45, 2.75) is 52.5 Å². The van der Waals surface area contributed by atoms with E-state index in [1.165, 1.54) is 12.8 Å². The molecule has 3 N–H and O–H groups in total. The summed E-state index contributed by atoms with van der Waals surface area (Å²) in [4.78, 5) is 11.8. The molecule has 17 heavy (non-hydrogen) atoms. The maximum atomic E-state index is 11.8. The van der Waals surface area contributed by atoms with E-state index in [0.29, 0.717) is 17.9 Å². The summed E-state index contributed by atoms with van der Waals surface area (Å²) in [5.74, 6) is 1.30. The minimum atomic E-state index is 0. The van der Waals surface area contributed by atoms with Crippen molar-refractivity contribution >= 4 is 18.3 Å². The Kier molecular flexibility index (Phi) is 7.80. The van der Waals surface area contributed by atoms with Crippen LogP contribution in [0.15, 0.2) is 0 Å². The van der Waals surface area contributed by atoms with Gasteiger partial charge in [-0.1, -0.05) is 27.2 Å². The molecule has 0 aromatic rings. The topological polar surface area (TPSA) is 55.1 Å². The number of rotatable bonds is 4. The lowest BCUT2D eigenvalue weighted by Crippen LogP contribution is -2.38. The lowest BCUT2D eigenvalue weighted by atomic mass is 9.86. The van der Waals surface area contributed by atoms with Gasteiger partial charge in [0, 0.05) is 18.5 Å². The number of halogens is 1. The highest BCUT2D eigenvalue weighted by Crippen LogP contribution is 2.22. The lowest BCUT2D eigenvalue weighted by molar-refractivity contribution is -0.125. The van der Waals surface area contributed by atoms with Gasteiger partial charge < -0.3 is 11.1 Å². The zero-order valence-electron chi connectivity index (χ0n) is 11.2. The van der Waals surface area contributed by atoms with Crippen LogP contribution in [0.25, 0.3) is 0 Å². The van der Waals surface area contributed by atoms with Crippen molar-refractivity contribution < 1.29 is 4.79 Å². The van der Waals surface area contributed by atoms with Crippen LogP contribution in [0.3, 0.4) is 0 Å². The van der Waals surface area contributed by atoms with Crippen molar-refractivity contribution in [1.29, 1.82) is 0 Å². The van der Waals surface area contributed by atoms with Gasteiger partial charge in [-0.3, -0.25) is 4.79 Å². The van der Waals surface area contributed by atoms with Crippen LogP contribution in [0, 0.1) is 17.8 Å². The highest BCUT2D eigenvalue weighted by Gasteiger charge is 2.21. The molecule has 0 aromatic heterocycles. The summed E-state index contributed by atoms with van der Waals surface area (Å²) in [6.45, 7) is 6.97. The molecule has 0 saturated heterocycles. The summed E-state index contributed by atoms with van der Waals surface area (Å²) in [7, 11) is 0. The number of hydrogen-bond acceptors (Lipinski definition) is 2. The average Bonchev–Trinajstić information content (AvgIpc) is 2.24. The summed E-state index contributed by atoms with van der Waals surface area (Å²) in [6, 6.07) is 0.346. The highest BCUT2D eigenvalue weighted by atomic mass is 35.5. The fraction of sp³-hybridized carbons (Fsp3) is 0.923. The second-order valence-electron chi connectivity index (χ2n) is 5.57. The molecule has 4 heteroatoms. The third kappa shape index (κ3) is 5.73. The second-order valence-corrected chi connectivity index (χ2v) is 5.57. The predicted octanol–water partition coefficient (Wildman–Crippen LogP) is 2.33. The molecular formula is C13H27ClN2O. The van der Waals surface area contributed by atoms with Gasteiger partial charge in [0.05, 0.1) is 0 Å². The molecule has 1 aliphatic rings. The summed E-state index contributed by atoms with van der Waals surface area (Å²) >= 11 is 0. The Morgan fingerprint density at radius 1 is 1.35 bits per heavy atom. The van der Waals surface area contributed by atoms with Crippen molar-refractivity contribution in [3.05, 3.63) is 0 Å². The molecule has 0 aromatic carbocycles. The lowest BCUT2D eigenvalue weighted by Gasteiger charge is -2.27. The summed E-state index contributed by atoms with van der Waals surface area (Å²) in [5.41, 5.74) is 5.93. The van der Waals surface area contributed by atoms with Crippen molar-refractivity contribution in [1.82, 2.24) is 5.32 Å². The SMILES string of the molecule is CC(C)C(C)C(=O)NCC1CCCC(N)C1.Cl. The van der Waals surface area contributed by atoms with Gasteiger partial charge in [-0.05, 0) is 31.1 Å². The van der Waals surface area contributed by atoms with Gasteiger partial charge >= 0.3 is 0 Å². The summed E-state index contributed by atoms with van der Waals surface area (Å²) < 4.78 is 0. The fourth-order valence-corrected chi connectivity index (χ4v) is 2.23. The number of nitrogens with one attached hydrogen (secondary N) is 1. The van der Waals surface area contributed by atoms with Crippen LogP contribution in [-0.2, 0) is 4.79 Å². The van der Waals surface area contributed by atoms with Gasteiger partial charge in [0.15, 0.2) is 0 Å². The molecule has 1 rings (SSSR count). The van der Waals surface area contributed by atoms with Crippen LogP contribution in [0.1, 0.15) is 46.5 Å². The summed E-state index contributed by atoms with van der Waals surface area (Å²) in [6.07, 6.45) is 4.63. The first-order valence-electron chi connectivity index (χ1n) is 6.54. The van der Waals surface area contributed by atoms with Crippen LogP contribution in [0.5, 0.6) is 0 Å². The minimum absolute atomic E-state index is 0. The number of hydrogen-bond donors (Lipinski definition) is 2. The molecule has 0 heterocycles. The first-order chi connectivity index (χ1) is 7.50. The minimum Gasteiger partial charge on any atom is -0.356 e. The van der Waals surface area contributed by atoms with E-state index in [1.807, 2.05) is 6.92 Å². The molecule has 1 saturated carbocycles. The van der Waals surface area contributed by atoms with Crippen LogP contribution in [0.4, 0.5) is 0 Å². The largest absolute Gasteiger partial charge is 0.356 e. The molecule has 0 spiro atoms. The van der Waals surface area contributed by atoms with Crippen LogP contribution in [0.2, 0.25) is 0 Å². The third-order valence-corrected chi connectivity index (χ3v) is 3.80. The predicted molar refractivity (Wildman–Crippen MR) is 74.2 cm³/mol. The Morgan fingerprint density at radius 2 is 2.00 bits per heavy atom. The normalized spacial score (nSPS) is 26.2. The molecule has 1 fully saturated rings. The molecule has 1 aliphatic carbocycles. The Balaban J connectivity index is 0.00000256. The molecule has 0 aliphatic heterocycles. The smallest absolute Gasteiger partial charge is 0.223 e. The van der Waals surface area contributed by atoms with Crippen molar-refractivity contribution in [2.24, 2.45) is 23.5 Å². The first kappa shape index (κ1) is 16.7. The van der Waals surface area contributed by atoms with Crippen LogP contribution in [-0.4, -0.2) is 18.5 Å². The van der Waals surface area contributed by atoms with E-state index in [2.05, 4.69) is 19.2 Å². The van der Waals surface area contributed by atoms with Gasteiger partial charge in [0.1, 0.15) is 0 Å². The first-order valence-corrected chi connectivity index (χ1v) is 6.54. The van der Waals surface area contributed by atoms with E-state index in [9.17, 15) is 4.79 Å². The maximum Gasteiger partial charge on any atom is 0.223 e. The fourth-order valence-electron chi connectivity index (χ4n) is 2.23. The molecule has 0 radical (unpaired) electrons. The van der Waals surface area contributed by atoms with E-state index >= 15 is 0 Å². The number of amides is 1.